The van der Waals surface area contributed by atoms with Crippen LogP contribution in [0.5, 0.6) is 0 Å². The lowest BCUT2D eigenvalue weighted by Crippen LogP contribution is -2.31. The maximum atomic E-state index is 11.7. The van der Waals surface area contributed by atoms with Crippen LogP contribution in [0, 0.1) is 0 Å². The predicted molar refractivity (Wildman–Crippen MR) is 68.3 cm³/mol. The van der Waals surface area contributed by atoms with Crippen LogP contribution in [0.25, 0.3) is 9.40 Å². The van der Waals surface area contributed by atoms with Gasteiger partial charge in [-0.3, -0.25) is 4.79 Å². The minimum absolute atomic E-state index is 0.0964. The SMILES string of the molecule is CCC(O)CNC(=O)c1cc2sccc2s1. The standard InChI is InChI=1S/C11H13NO2S2/c1-2-7(13)6-12-11(14)10-5-9-8(16-10)3-4-15-9/h3-5,7,13H,2,6H2,1H3,(H,12,14). The molecule has 0 aromatic carbocycles. The van der Waals surface area contributed by atoms with Crippen LogP contribution in [0.15, 0.2) is 17.5 Å². The zero-order chi connectivity index (χ0) is 11.5. The molecule has 0 aliphatic heterocycles. The summed E-state index contributed by atoms with van der Waals surface area (Å²) in [5.41, 5.74) is 0. The highest BCUT2D eigenvalue weighted by Gasteiger charge is 2.11. The summed E-state index contributed by atoms with van der Waals surface area (Å²) >= 11 is 3.12. The van der Waals surface area contributed by atoms with Crippen molar-refractivity contribution in [3.8, 4) is 0 Å². The third-order valence-electron chi connectivity index (χ3n) is 2.33. The number of aliphatic hydroxyl groups is 1. The van der Waals surface area contributed by atoms with Crippen LogP contribution in [0.3, 0.4) is 0 Å². The molecule has 0 saturated heterocycles. The fraction of sp³-hybridized carbons (Fsp3) is 0.364. The molecule has 2 aromatic heterocycles. The zero-order valence-electron chi connectivity index (χ0n) is 8.90. The van der Waals surface area contributed by atoms with Crippen molar-refractivity contribution >= 4 is 38.0 Å². The summed E-state index contributed by atoms with van der Waals surface area (Å²) in [6.45, 7) is 2.21. The number of carbonyl (C=O) groups is 1. The van der Waals surface area contributed by atoms with Crippen molar-refractivity contribution in [2.75, 3.05) is 6.54 Å². The molecular weight excluding hydrogens is 242 g/mol. The highest BCUT2D eigenvalue weighted by Crippen LogP contribution is 2.29. The summed E-state index contributed by atoms with van der Waals surface area (Å²) in [6.07, 6.45) is 0.199. The van der Waals surface area contributed by atoms with Gasteiger partial charge < -0.3 is 10.4 Å². The third kappa shape index (κ3) is 2.42. The smallest absolute Gasteiger partial charge is 0.261 e. The Morgan fingerprint density at radius 2 is 2.38 bits per heavy atom. The summed E-state index contributed by atoms with van der Waals surface area (Å²) in [6, 6.07) is 3.92. The maximum absolute atomic E-state index is 11.7. The number of carbonyl (C=O) groups excluding carboxylic acids is 1. The van der Waals surface area contributed by atoms with Gasteiger partial charge in [0.2, 0.25) is 0 Å². The molecule has 0 fully saturated rings. The zero-order valence-corrected chi connectivity index (χ0v) is 10.5. The Balaban J connectivity index is 2.02. The van der Waals surface area contributed by atoms with E-state index in [1.807, 2.05) is 24.4 Å². The topological polar surface area (TPSA) is 49.3 Å². The van der Waals surface area contributed by atoms with Crippen molar-refractivity contribution in [1.29, 1.82) is 0 Å². The Morgan fingerprint density at radius 1 is 1.56 bits per heavy atom. The monoisotopic (exact) mass is 255 g/mol. The second-order valence-corrected chi connectivity index (χ2v) is 5.56. The van der Waals surface area contributed by atoms with Crippen LogP contribution >= 0.6 is 22.7 Å². The molecule has 0 radical (unpaired) electrons. The number of hydrogen-bond donors (Lipinski definition) is 2. The van der Waals surface area contributed by atoms with Gasteiger partial charge in [-0.1, -0.05) is 6.92 Å². The molecule has 2 heterocycles. The van der Waals surface area contributed by atoms with Crippen LogP contribution in [0.4, 0.5) is 0 Å². The number of hydrogen-bond acceptors (Lipinski definition) is 4. The maximum Gasteiger partial charge on any atom is 0.261 e. The Hall–Kier alpha value is -0.910. The fourth-order valence-corrected chi connectivity index (χ4v) is 3.34. The second kappa shape index (κ2) is 4.95. The van der Waals surface area contributed by atoms with E-state index in [0.29, 0.717) is 17.8 Å². The van der Waals surface area contributed by atoms with Crippen LogP contribution < -0.4 is 5.32 Å². The molecular formula is C11H13NO2S2. The normalized spacial score (nSPS) is 12.9. The van der Waals surface area contributed by atoms with Gasteiger partial charge in [-0.25, -0.2) is 0 Å². The first-order valence-corrected chi connectivity index (χ1v) is 6.83. The van der Waals surface area contributed by atoms with E-state index in [1.54, 1.807) is 11.3 Å². The molecule has 0 spiro atoms. The van der Waals surface area contributed by atoms with Crippen molar-refractivity contribution in [2.45, 2.75) is 19.4 Å². The van der Waals surface area contributed by atoms with Crippen LogP contribution in [-0.2, 0) is 0 Å². The summed E-state index contributed by atoms with van der Waals surface area (Å²) in [5.74, 6) is -0.0964. The Labute approximate surface area is 102 Å². The molecule has 1 atom stereocenters. The first-order valence-electron chi connectivity index (χ1n) is 5.14. The van der Waals surface area contributed by atoms with E-state index < -0.39 is 6.10 Å². The minimum atomic E-state index is -0.454. The summed E-state index contributed by atoms with van der Waals surface area (Å²) in [4.78, 5) is 12.4. The van der Waals surface area contributed by atoms with Gasteiger partial charge >= 0.3 is 0 Å². The van der Waals surface area contributed by atoms with E-state index in [-0.39, 0.29) is 5.91 Å². The average Bonchev–Trinajstić information content (AvgIpc) is 2.85. The molecule has 86 valence electrons. The van der Waals surface area contributed by atoms with E-state index in [4.69, 9.17) is 0 Å². The first-order chi connectivity index (χ1) is 7.70. The Kier molecular flexibility index (Phi) is 3.58. The van der Waals surface area contributed by atoms with Gasteiger partial charge in [0.1, 0.15) is 0 Å². The van der Waals surface area contributed by atoms with Crippen LogP contribution in [0.1, 0.15) is 23.0 Å². The van der Waals surface area contributed by atoms with E-state index in [1.165, 1.54) is 11.3 Å². The highest BCUT2D eigenvalue weighted by atomic mass is 32.1. The molecule has 3 nitrogen and oxygen atoms in total. The number of rotatable bonds is 4. The number of thiophene rings is 2. The van der Waals surface area contributed by atoms with Crippen molar-refractivity contribution < 1.29 is 9.90 Å². The highest BCUT2D eigenvalue weighted by molar-refractivity contribution is 7.27. The molecule has 0 saturated carbocycles. The predicted octanol–water partition coefficient (Wildman–Crippen LogP) is 2.46. The number of fused-ring (bicyclic) bond motifs is 1. The molecule has 2 aromatic rings. The third-order valence-corrected chi connectivity index (χ3v) is 4.42. The van der Waals surface area contributed by atoms with Gasteiger partial charge in [0.25, 0.3) is 5.91 Å². The molecule has 1 unspecified atom stereocenters. The molecule has 0 bridgehead atoms. The molecule has 5 heteroatoms. The van der Waals surface area contributed by atoms with Gasteiger partial charge in [0.15, 0.2) is 0 Å². The Morgan fingerprint density at radius 3 is 3.06 bits per heavy atom. The number of nitrogens with one attached hydrogen (secondary N) is 1. The van der Waals surface area contributed by atoms with Gasteiger partial charge in [-0.05, 0) is 23.9 Å². The number of amides is 1. The summed E-state index contributed by atoms with van der Waals surface area (Å²) < 4.78 is 2.29. The lowest BCUT2D eigenvalue weighted by atomic mass is 10.3. The quantitative estimate of drug-likeness (QED) is 0.881. The minimum Gasteiger partial charge on any atom is -0.391 e. The summed E-state index contributed by atoms with van der Waals surface area (Å²) in [7, 11) is 0. The van der Waals surface area contributed by atoms with Crippen molar-refractivity contribution in [1.82, 2.24) is 5.32 Å². The van der Waals surface area contributed by atoms with E-state index in [2.05, 4.69) is 5.32 Å². The molecule has 2 rings (SSSR count). The molecule has 16 heavy (non-hydrogen) atoms. The van der Waals surface area contributed by atoms with Gasteiger partial charge in [0, 0.05) is 15.9 Å². The lowest BCUT2D eigenvalue weighted by Gasteiger charge is -2.07. The molecule has 0 aliphatic rings. The number of aliphatic hydroxyl groups excluding tert-OH is 1. The van der Waals surface area contributed by atoms with Crippen LogP contribution in [0.2, 0.25) is 0 Å². The van der Waals surface area contributed by atoms with E-state index in [0.717, 1.165) is 9.40 Å². The van der Waals surface area contributed by atoms with Crippen molar-refractivity contribution in [3.05, 3.63) is 22.4 Å². The summed E-state index contributed by atoms with van der Waals surface area (Å²) in [5, 5.41) is 14.1. The van der Waals surface area contributed by atoms with Crippen molar-refractivity contribution in [2.24, 2.45) is 0 Å². The van der Waals surface area contributed by atoms with Gasteiger partial charge in [0.05, 0.1) is 11.0 Å². The molecule has 0 aliphatic carbocycles. The fourth-order valence-electron chi connectivity index (χ4n) is 1.32. The largest absolute Gasteiger partial charge is 0.391 e. The van der Waals surface area contributed by atoms with Gasteiger partial charge in [-0.2, -0.15) is 0 Å². The second-order valence-electron chi connectivity index (χ2n) is 3.53. The van der Waals surface area contributed by atoms with Crippen molar-refractivity contribution in [3.63, 3.8) is 0 Å². The average molecular weight is 255 g/mol. The molecule has 1 amide bonds. The Bertz CT molecular complexity index is 460. The van der Waals surface area contributed by atoms with E-state index >= 15 is 0 Å². The van der Waals surface area contributed by atoms with Gasteiger partial charge in [-0.15, -0.1) is 22.7 Å². The van der Waals surface area contributed by atoms with Crippen LogP contribution in [-0.4, -0.2) is 23.7 Å². The molecule has 2 N–H and O–H groups in total. The first kappa shape index (κ1) is 11.6. The van der Waals surface area contributed by atoms with E-state index in [9.17, 15) is 9.90 Å². The lowest BCUT2D eigenvalue weighted by molar-refractivity contribution is 0.0918.